The van der Waals surface area contributed by atoms with E-state index in [1.807, 2.05) is 0 Å². The number of amides is 1. The van der Waals surface area contributed by atoms with Gasteiger partial charge in [-0.05, 0) is 18.9 Å². The second-order valence-electron chi connectivity index (χ2n) is 6.09. The van der Waals surface area contributed by atoms with Crippen LogP contribution >= 0.6 is 0 Å². The summed E-state index contributed by atoms with van der Waals surface area (Å²) >= 11 is 0. The molecule has 2 fully saturated rings. The van der Waals surface area contributed by atoms with Crippen molar-refractivity contribution < 1.29 is 14.7 Å². The van der Waals surface area contributed by atoms with Crippen LogP contribution in [0.5, 0.6) is 0 Å². The van der Waals surface area contributed by atoms with Gasteiger partial charge in [-0.3, -0.25) is 14.5 Å². The molecule has 0 radical (unpaired) electrons. The maximum absolute atomic E-state index is 12.0. The first-order valence-corrected chi connectivity index (χ1v) is 7.51. The third-order valence-corrected chi connectivity index (χ3v) is 5.07. The molecule has 0 unspecified atom stereocenters. The van der Waals surface area contributed by atoms with Gasteiger partial charge in [0.15, 0.2) is 0 Å². The first-order valence-electron chi connectivity index (χ1n) is 7.51. The topological polar surface area (TPSA) is 86.6 Å². The van der Waals surface area contributed by atoms with Crippen LogP contribution in [0.1, 0.15) is 25.1 Å². The summed E-state index contributed by atoms with van der Waals surface area (Å²) in [5.74, 6) is -0.756. The van der Waals surface area contributed by atoms with Crippen molar-refractivity contribution in [3.8, 4) is 0 Å². The van der Waals surface area contributed by atoms with Crippen molar-refractivity contribution in [1.82, 2.24) is 19.8 Å². The number of aromatic nitrogens is 2. The Balaban J connectivity index is 1.69. The van der Waals surface area contributed by atoms with Gasteiger partial charge in [0.1, 0.15) is 5.82 Å². The van der Waals surface area contributed by atoms with E-state index in [1.165, 1.54) is 0 Å². The lowest BCUT2D eigenvalue weighted by Crippen LogP contribution is -2.56. The second kappa shape index (κ2) is 5.64. The quantitative estimate of drug-likeness (QED) is 0.868. The van der Waals surface area contributed by atoms with Gasteiger partial charge in [-0.25, -0.2) is 9.97 Å². The lowest BCUT2D eigenvalue weighted by Gasteiger charge is -2.45. The fourth-order valence-electron chi connectivity index (χ4n) is 3.69. The van der Waals surface area contributed by atoms with Crippen LogP contribution < -0.4 is 0 Å². The van der Waals surface area contributed by atoms with Gasteiger partial charge >= 0.3 is 5.97 Å². The maximum Gasteiger partial charge on any atom is 0.309 e. The standard InChI is InChI=1S/C15H20N4O3/c1-18-13(20)9-11(14(21)22)15(18)3-7-19(8-4-15)10-12-16-5-2-6-17-12/h2,5-6,11H,3-4,7-10H2,1H3,(H,21,22)/t11-/m0/s1. The highest BCUT2D eigenvalue weighted by Gasteiger charge is 2.55. The second-order valence-corrected chi connectivity index (χ2v) is 6.09. The highest BCUT2D eigenvalue weighted by Crippen LogP contribution is 2.42. The smallest absolute Gasteiger partial charge is 0.309 e. The van der Waals surface area contributed by atoms with Crippen molar-refractivity contribution in [2.45, 2.75) is 31.3 Å². The molecule has 22 heavy (non-hydrogen) atoms. The molecule has 1 N–H and O–H groups in total. The van der Waals surface area contributed by atoms with Gasteiger partial charge in [0, 0.05) is 39.0 Å². The first-order chi connectivity index (χ1) is 10.5. The van der Waals surface area contributed by atoms with E-state index in [2.05, 4.69) is 14.9 Å². The molecular weight excluding hydrogens is 284 g/mol. The van der Waals surface area contributed by atoms with Crippen LogP contribution in [0.25, 0.3) is 0 Å². The molecule has 0 bridgehead atoms. The Kier molecular flexibility index (Phi) is 3.82. The summed E-state index contributed by atoms with van der Waals surface area (Å²) in [6.07, 6.45) is 4.92. The average molecular weight is 304 g/mol. The zero-order valence-corrected chi connectivity index (χ0v) is 12.6. The van der Waals surface area contributed by atoms with Crippen LogP contribution in [0.3, 0.4) is 0 Å². The Hall–Kier alpha value is -2.02. The lowest BCUT2D eigenvalue weighted by molar-refractivity contribution is -0.146. The predicted octanol–water partition coefficient (Wildman–Crippen LogP) is 0.374. The van der Waals surface area contributed by atoms with E-state index < -0.39 is 17.4 Å². The van der Waals surface area contributed by atoms with Gasteiger partial charge < -0.3 is 10.0 Å². The van der Waals surface area contributed by atoms with Crippen LogP contribution in [-0.4, -0.2) is 62.4 Å². The van der Waals surface area contributed by atoms with Crippen LogP contribution in [-0.2, 0) is 16.1 Å². The monoisotopic (exact) mass is 304 g/mol. The number of piperidine rings is 1. The van der Waals surface area contributed by atoms with Gasteiger partial charge in [-0.15, -0.1) is 0 Å². The van der Waals surface area contributed by atoms with Gasteiger partial charge in [0.25, 0.3) is 0 Å². The molecule has 118 valence electrons. The van der Waals surface area contributed by atoms with E-state index in [0.717, 1.165) is 18.9 Å². The highest BCUT2D eigenvalue weighted by atomic mass is 16.4. The van der Waals surface area contributed by atoms with Crippen molar-refractivity contribution in [1.29, 1.82) is 0 Å². The van der Waals surface area contributed by atoms with E-state index in [0.29, 0.717) is 19.4 Å². The van der Waals surface area contributed by atoms with Crippen LogP contribution in [0, 0.1) is 5.92 Å². The van der Waals surface area contributed by atoms with Crippen LogP contribution in [0.15, 0.2) is 18.5 Å². The zero-order valence-electron chi connectivity index (χ0n) is 12.6. The number of carbonyl (C=O) groups is 2. The molecule has 1 aromatic heterocycles. The summed E-state index contributed by atoms with van der Waals surface area (Å²) in [4.78, 5) is 35.8. The minimum atomic E-state index is -0.863. The molecular formula is C15H20N4O3. The number of aliphatic carboxylic acids is 1. The zero-order chi connectivity index (χ0) is 15.7. The summed E-state index contributed by atoms with van der Waals surface area (Å²) in [5, 5.41) is 9.45. The van der Waals surface area contributed by atoms with Crippen LogP contribution in [0.4, 0.5) is 0 Å². The number of nitrogens with zero attached hydrogens (tertiary/aromatic N) is 4. The SMILES string of the molecule is CN1C(=O)C[C@@H](C(=O)O)C12CCN(Cc1ncccn1)CC2. The minimum absolute atomic E-state index is 0.0627. The molecule has 2 aliphatic heterocycles. The Labute approximate surface area is 129 Å². The van der Waals surface area contributed by atoms with Gasteiger partial charge in [0.2, 0.25) is 5.91 Å². The van der Waals surface area contributed by atoms with Gasteiger partial charge in [-0.1, -0.05) is 0 Å². The van der Waals surface area contributed by atoms with E-state index in [1.54, 1.807) is 30.4 Å². The lowest BCUT2D eigenvalue weighted by atomic mass is 9.77. The third kappa shape index (κ3) is 2.45. The molecule has 1 amide bonds. The van der Waals surface area contributed by atoms with Crippen LogP contribution in [0.2, 0.25) is 0 Å². The molecule has 3 heterocycles. The number of hydrogen-bond donors (Lipinski definition) is 1. The molecule has 7 heteroatoms. The highest BCUT2D eigenvalue weighted by molar-refractivity contribution is 5.88. The van der Waals surface area contributed by atoms with Gasteiger partial charge in [-0.2, -0.15) is 0 Å². The molecule has 0 aromatic carbocycles. The summed E-state index contributed by atoms with van der Waals surface area (Å²) in [6, 6.07) is 1.78. The van der Waals surface area contributed by atoms with Crippen molar-refractivity contribution in [2.24, 2.45) is 5.92 Å². The number of carbonyl (C=O) groups excluding carboxylic acids is 1. The number of carboxylic acids is 1. The van der Waals surface area contributed by atoms with E-state index >= 15 is 0 Å². The minimum Gasteiger partial charge on any atom is -0.481 e. The summed E-state index contributed by atoms with van der Waals surface area (Å²) in [5.41, 5.74) is -0.531. The van der Waals surface area contributed by atoms with Gasteiger partial charge in [0.05, 0.1) is 18.0 Å². The first kappa shape index (κ1) is 14.9. The molecule has 1 aromatic rings. The molecule has 0 aliphatic carbocycles. The molecule has 2 aliphatic rings. The summed E-state index contributed by atoms with van der Waals surface area (Å²) in [6.45, 7) is 2.16. The Bertz CT molecular complexity index is 569. The van der Waals surface area contributed by atoms with E-state index in [9.17, 15) is 14.7 Å². The van der Waals surface area contributed by atoms with Crippen molar-refractivity contribution in [3.63, 3.8) is 0 Å². The Morgan fingerprint density at radius 2 is 2.00 bits per heavy atom. The molecule has 1 spiro atoms. The van der Waals surface area contributed by atoms with Crippen molar-refractivity contribution in [2.75, 3.05) is 20.1 Å². The summed E-state index contributed by atoms with van der Waals surface area (Å²) < 4.78 is 0. The molecule has 7 nitrogen and oxygen atoms in total. The maximum atomic E-state index is 12.0. The number of rotatable bonds is 3. The van der Waals surface area contributed by atoms with Crippen molar-refractivity contribution >= 4 is 11.9 Å². The van der Waals surface area contributed by atoms with E-state index in [-0.39, 0.29) is 12.3 Å². The number of hydrogen-bond acceptors (Lipinski definition) is 5. The normalized spacial score (nSPS) is 24.9. The molecule has 0 saturated carbocycles. The number of carboxylic acid groups (broad SMARTS) is 1. The largest absolute Gasteiger partial charge is 0.481 e. The predicted molar refractivity (Wildman–Crippen MR) is 77.8 cm³/mol. The molecule has 1 atom stereocenters. The molecule has 2 saturated heterocycles. The van der Waals surface area contributed by atoms with Crippen molar-refractivity contribution in [3.05, 3.63) is 24.3 Å². The van der Waals surface area contributed by atoms with E-state index in [4.69, 9.17) is 0 Å². The summed E-state index contributed by atoms with van der Waals surface area (Å²) in [7, 11) is 1.74. The number of likely N-dealkylation sites (tertiary alicyclic amines) is 2. The fourth-order valence-corrected chi connectivity index (χ4v) is 3.69. The Morgan fingerprint density at radius 1 is 1.36 bits per heavy atom. The Morgan fingerprint density at radius 3 is 2.59 bits per heavy atom. The molecule has 3 rings (SSSR count). The third-order valence-electron chi connectivity index (χ3n) is 5.07. The fraction of sp³-hybridized carbons (Fsp3) is 0.600. The average Bonchev–Trinajstić information content (AvgIpc) is 2.76.